The van der Waals surface area contributed by atoms with Gasteiger partial charge in [-0.3, -0.25) is 0 Å². The summed E-state index contributed by atoms with van der Waals surface area (Å²) >= 11 is 1.61. The van der Waals surface area contributed by atoms with Crippen LogP contribution in [0.1, 0.15) is 18.4 Å². The van der Waals surface area contributed by atoms with Crippen LogP contribution >= 0.6 is 11.8 Å². The number of nitrogens with one attached hydrogen (secondary N) is 2. The second-order valence-corrected chi connectivity index (χ2v) is 5.18. The van der Waals surface area contributed by atoms with Gasteiger partial charge in [0.2, 0.25) is 0 Å². The Hall–Kier alpha value is -1.86. The lowest BCUT2D eigenvalue weighted by atomic mass is 10.4. The van der Waals surface area contributed by atoms with E-state index >= 15 is 0 Å². The fraction of sp³-hybridized carbons (Fsp3) is 0.308. The van der Waals surface area contributed by atoms with Gasteiger partial charge in [-0.25, -0.2) is 15.0 Å². The number of thioether (sulfide) groups is 1. The minimum Gasteiger partial charge on any atom is -0.464 e. The van der Waals surface area contributed by atoms with Crippen molar-refractivity contribution in [3.8, 4) is 0 Å². The summed E-state index contributed by atoms with van der Waals surface area (Å²) in [4.78, 5) is 15.6. The summed E-state index contributed by atoms with van der Waals surface area (Å²) in [7, 11) is 0. The van der Waals surface area contributed by atoms with Crippen molar-refractivity contribution in [1.82, 2.24) is 25.3 Å². The quantitative estimate of drug-likeness (QED) is 0.535. The number of aromatic amines is 1. The van der Waals surface area contributed by atoms with Gasteiger partial charge in [0, 0.05) is 0 Å². The molecule has 0 aliphatic carbocycles. The minimum absolute atomic E-state index is 0.690. The lowest BCUT2D eigenvalue weighted by molar-refractivity contribution is 0.463. The first-order valence-corrected chi connectivity index (χ1v) is 7.40. The minimum atomic E-state index is 0.690. The number of nitrogens with zero attached hydrogens (tertiary/aromatic N) is 3. The van der Waals surface area contributed by atoms with Gasteiger partial charge in [0.1, 0.15) is 28.4 Å². The maximum Gasteiger partial charge on any atom is 0.181 e. The average molecular weight is 289 g/mol. The van der Waals surface area contributed by atoms with Crippen molar-refractivity contribution in [2.75, 3.05) is 6.54 Å². The van der Waals surface area contributed by atoms with Crippen LogP contribution in [0.2, 0.25) is 0 Å². The summed E-state index contributed by atoms with van der Waals surface area (Å²) in [5.74, 6) is 2.63. The van der Waals surface area contributed by atoms with E-state index in [1.54, 1.807) is 18.1 Å². The maximum atomic E-state index is 5.75. The van der Waals surface area contributed by atoms with Crippen molar-refractivity contribution < 1.29 is 4.42 Å². The zero-order valence-corrected chi connectivity index (χ0v) is 11.9. The topological polar surface area (TPSA) is 79.6 Å². The highest BCUT2D eigenvalue weighted by atomic mass is 32.2. The predicted molar refractivity (Wildman–Crippen MR) is 77.3 cm³/mol. The van der Waals surface area contributed by atoms with Crippen molar-refractivity contribution in [2.45, 2.75) is 24.2 Å². The van der Waals surface area contributed by atoms with Crippen LogP contribution < -0.4 is 5.32 Å². The third kappa shape index (κ3) is 2.83. The molecule has 6 nitrogen and oxygen atoms in total. The van der Waals surface area contributed by atoms with Gasteiger partial charge < -0.3 is 14.7 Å². The molecule has 0 spiro atoms. The highest BCUT2D eigenvalue weighted by Crippen LogP contribution is 2.26. The standard InChI is InChI=1S/C13H15N5OS/c1-2-14-5-9-3-4-10(19-9)6-20-13-11-12(16-7-15-11)17-8-18-13/h3-4,7-8,14H,2,5-6H2,1H3,(H,15,16,17,18). The summed E-state index contributed by atoms with van der Waals surface area (Å²) in [5.41, 5.74) is 1.56. The number of aromatic nitrogens is 4. The number of furan rings is 1. The molecule has 104 valence electrons. The van der Waals surface area contributed by atoms with Gasteiger partial charge in [0.15, 0.2) is 5.65 Å². The van der Waals surface area contributed by atoms with Gasteiger partial charge >= 0.3 is 0 Å². The van der Waals surface area contributed by atoms with E-state index in [-0.39, 0.29) is 0 Å². The van der Waals surface area contributed by atoms with Gasteiger partial charge in [-0.2, -0.15) is 0 Å². The second-order valence-electron chi connectivity index (χ2n) is 4.22. The van der Waals surface area contributed by atoms with Crippen molar-refractivity contribution in [1.29, 1.82) is 0 Å². The van der Waals surface area contributed by atoms with Gasteiger partial charge in [0.05, 0.1) is 18.6 Å². The lowest BCUT2D eigenvalue weighted by Gasteiger charge is -2.00. The van der Waals surface area contributed by atoms with E-state index in [0.717, 1.165) is 40.9 Å². The van der Waals surface area contributed by atoms with Crippen LogP contribution in [0.5, 0.6) is 0 Å². The number of fused-ring (bicyclic) bond motifs is 1. The van der Waals surface area contributed by atoms with Crippen LogP contribution in [-0.2, 0) is 12.3 Å². The highest BCUT2D eigenvalue weighted by molar-refractivity contribution is 7.98. The molecule has 3 heterocycles. The fourth-order valence-electron chi connectivity index (χ4n) is 1.83. The average Bonchev–Trinajstić information content (AvgIpc) is 3.11. The number of imidazole rings is 1. The van der Waals surface area contributed by atoms with E-state index in [4.69, 9.17) is 4.42 Å². The Balaban J connectivity index is 1.67. The van der Waals surface area contributed by atoms with Gasteiger partial charge in [-0.05, 0) is 18.7 Å². The number of hydrogen-bond acceptors (Lipinski definition) is 6. The molecule has 0 fully saturated rings. The number of rotatable bonds is 6. The van der Waals surface area contributed by atoms with E-state index in [1.807, 2.05) is 12.1 Å². The number of H-pyrrole nitrogens is 1. The van der Waals surface area contributed by atoms with Crippen LogP contribution in [0.3, 0.4) is 0 Å². The summed E-state index contributed by atoms with van der Waals surface area (Å²) in [6.07, 6.45) is 3.16. The maximum absolute atomic E-state index is 5.75. The zero-order chi connectivity index (χ0) is 13.8. The molecule has 0 aliphatic rings. The molecule has 0 unspecified atom stereocenters. The Morgan fingerprint density at radius 1 is 1.25 bits per heavy atom. The summed E-state index contributed by atoms with van der Waals surface area (Å²) in [6, 6.07) is 4.01. The molecule has 0 aromatic carbocycles. The highest BCUT2D eigenvalue weighted by Gasteiger charge is 2.08. The molecule has 0 saturated carbocycles. The molecule has 3 rings (SSSR count). The van der Waals surface area contributed by atoms with Crippen LogP contribution in [-0.4, -0.2) is 26.5 Å². The van der Waals surface area contributed by atoms with Gasteiger partial charge in [-0.15, -0.1) is 0 Å². The van der Waals surface area contributed by atoms with Crippen LogP contribution in [0.4, 0.5) is 0 Å². The molecule has 3 aromatic rings. The van der Waals surface area contributed by atoms with E-state index < -0.39 is 0 Å². The first kappa shape index (κ1) is 13.1. The van der Waals surface area contributed by atoms with Crippen molar-refractivity contribution in [3.63, 3.8) is 0 Å². The predicted octanol–water partition coefficient (Wildman–Crippen LogP) is 2.35. The van der Waals surface area contributed by atoms with Crippen molar-refractivity contribution >= 4 is 22.9 Å². The van der Waals surface area contributed by atoms with Crippen LogP contribution in [0, 0.1) is 0 Å². The molecule has 0 atom stereocenters. The van der Waals surface area contributed by atoms with E-state index in [0.29, 0.717) is 5.65 Å². The van der Waals surface area contributed by atoms with E-state index in [9.17, 15) is 0 Å². The second kappa shape index (κ2) is 6.06. The van der Waals surface area contributed by atoms with E-state index in [2.05, 4.69) is 32.2 Å². The molecule has 20 heavy (non-hydrogen) atoms. The van der Waals surface area contributed by atoms with Gasteiger partial charge in [0.25, 0.3) is 0 Å². The molecule has 2 N–H and O–H groups in total. The molecular weight excluding hydrogens is 274 g/mol. The summed E-state index contributed by atoms with van der Waals surface area (Å²) in [5, 5.41) is 4.12. The molecule has 0 bridgehead atoms. The van der Waals surface area contributed by atoms with Crippen LogP contribution in [0.25, 0.3) is 11.2 Å². The third-order valence-electron chi connectivity index (χ3n) is 2.81. The van der Waals surface area contributed by atoms with Crippen molar-refractivity contribution in [3.05, 3.63) is 36.3 Å². The summed E-state index contributed by atoms with van der Waals surface area (Å²) in [6.45, 7) is 3.77. The fourth-order valence-corrected chi connectivity index (χ4v) is 2.69. The Morgan fingerprint density at radius 3 is 3.05 bits per heavy atom. The SMILES string of the molecule is CCNCc1ccc(CSc2ncnc3nc[nH]c23)o1. The monoisotopic (exact) mass is 289 g/mol. The normalized spacial score (nSPS) is 11.2. The Morgan fingerprint density at radius 2 is 2.15 bits per heavy atom. The Kier molecular flexibility index (Phi) is 3.98. The number of hydrogen-bond donors (Lipinski definition) is 2. The summed E-state index contributed by atoms with van der Waals surface area (Å²) < 4.78 is 5.75. The third-order valence-corrected chi connectivity index (χ3v) is 3.82. The van der Waals surface area contributed by atoms with E-state index in [1.165, 1.54) is 6.33 Å². The first-order chi connectivity index (χ1) is 9.86. The zero-order valence-electron chi connectivity index (χ0n) is 11.1. The molecule has 3 aromatic heterocycles. The van der Waals surface area contributed by atoms with Crippen molar-refractivity contribution in [2.24, 2.45) is 0 Å². The Bertz CT molecular complexity index is 693. The smallest absolute Gasteiger partial charge is 0.181 e. The lowest BCUT2D eigenvalue weighted by Crippen LogP contribution is -2.10. The van der Waals surface area contributed by atoms with Gasteiger partial charge in [-0.1, -0.05) is 18.7 Å². The molecule has 0 aliphatic heterocycles. The van der Waals surface area contributed by atoms with Crippen LogP contribution in [0.15, 0.2) is 34.2 Å². The molecule has 7 heteroatoms. The molecule has 0 amide bonds. The first-order valence-electron chi connectivity index (χ1n) is 6.42. The largest absolute Gasteiger partial charge is 0.464 e. The molecular formula is C13H15N5OS. The Labute approximate surface area is 120 Å². The molecule has 0 radical (unpaired) electrons. The molecule has 0 saturated heterocycles.